The van der Waals surface area contributed by atoms with E-state index < -0.39 is 0 Å². The number of phenolic OH excluding ortho intramolecular Hbond substituents is 1. The number of phenols is 1. The molecule has 1 saturated heterocycles. The number of rotatable bonds is 2. The van der Waals surface area contributed by atoms with Gasteiger partial charge in [0, 0.05) is 29.6 Å². The topological polar surface area (TPSA) is 54.4 Å². The third kappa shape index (κ3) is 2.45. The van der Waals surface area contributed by atoms with E-state index in [9.17, 15) is 5.11 Å². The number of pyridine rings is 1. The van der Waals surface area contributed by atoms with Crippen LogP contribution in [0, 0.1) is 6.92 Å². The van der Waals surface area contributed by atoms with Crippen molar-refractivity contribution < 1.29 is 9.84 Å². The van der Waals surface area contributed by atoms with Gasteiger partial charge in [0.15, 0.2) is 0 Å². The molecule has 98 valence electrons. The summed E-state index contributed by atoms with van der Waals surface area (Å²) in [6, 6.07) is 11.2. The van der Waals surface area contributed by atoms with Crippen LogP contribution in [0.5, 0.6) is 5.75 Å². The van der Waals surface area contributed by atoms with Gasteiger partial charge in [-0.05, 0) is 19.1 Å². The van der Waals surface area contributed by atoms with Crippen LogP contribution >= 0.6 is 0 Å². The first-order chi connectivity index (χ1) is 9.24. The third-order valence-electron chi connectivity index (χ3n) is 3.31. The van der Waals surface area contributed by atoms with Crippen molar-refractivity contribution in [1.82, 2.24) is 10.3 Å². The molecule has 0 spiro atoms. The summed E-state index contributed by atoms with van der Waals surface area (Å²) < 4.78 is 5.94. The van der Waals surface area contributed by atoms with Crippen LogP contribution in [0.1, 0.15) is 29.2 Å². The van der Waals surface area contributed by atoms with Crippen LogP contribution in [0.2, 0.25) is 0 Å². The molecular formula is C15H16N2O2. The van der Waals surface area contributed by atoms with Gasteiger partial charge in [-0.1, -0.05) is 24.3 Å². The van der Waals surface area contributed by atoms with Crippen LogP contribution < -0.4 is 5.32 Å². The first-order valence-corrected chi connectivity index (χ1v) is 6.33. The highest BCUT2D eigenvalue weighted by Crippen LogP contribution is 2.33. The van der Waals surface area contributed by atoms with Gasteiger partial charge >= 0.3 is 0 Å². The number of hydrogen-bond donors (Lipinski definition) is 2. The minimum absolute atomic E-state index is 0.0299. The van der Waals surface area contributed by atoms with E-state index in [1.54, 1.807) is 12.1 Å². The Balaban J connectivity index is 1.77. The van der Waals surface area contributed by atoms with E-state index in [4.69, 9.17) is 4.74 Å². The number of para-hydroxylation sites is 1. The monoisotopic (exact) mass is 256 g/mol. The van der Waals surface area contributed by atoms with Gasteiger partial charge in [0.05, 0.1) is 6.10 Å². The normalized spacial score (nSPS) is 22.6. The van der Waals surface area contributed by atoms with Crippen LogP contribution in [0.25, 0.3) is 0 Å². The number of aromatic nitrogens is 1. The molecule has 0 saturated carbocycles. The zero-order valence-corrected chi connectivity index (χ0v) is 10.7. The van der Waals surface area contributed by atoms with Gasteiger partial charge in [-0.15, -0.1) is 0 Å². The predicted octanol–water partition coefficient (Wildman–Crippen LogP) is 2.46. The maximum absolute atomic E-state index is 9.83. The summed E-state index contributed by atoms with van der Waals surface area (Å²) in [6.07, 6.45) is 1.54. The first kappa shape index (κ1) is 12.1. The van der Waals surface area contributed by atoms with Gasteiger partial charge in [-0.25, -0.2) is 0 Å². The molecule has 1 fully saturated rings. The van der Waals surface area contributed by atoms with Gasteiger partial charge in [0.25, 0.3) is 0 Å². The molecule has 19 heavy (non-hydrogen) atoms. The lowest BCUT2D eigenvalue weighted by atomic mass is 10.1. The molecule has 2 N–H and O–H groups in total. The average molecular weight is 256 g/mol. The molecule has 0 aliphatic carbocycles. The van der Waals surface area contributed by atoms with Crippen molar-refractivity contribution in [3.63, 3.8) is 0 Å². The molecule has 0 amide bonds. The second-order valence-electron chi connectivity index (χ2n) is 4.70. The van der Waals surface area contributed by atoms with Crippen molar-refractivity contribution in [1.29, 1.82) is 0 Å². The second-order valence-corrected chi connectivity index (χ2v) is 4.70. The zero-order valence-electron chi connectivity index (χ0n) is 10.7. The highest BCUT2D eigenvalue weighted by atomic mass is 16.5. The molecule has 2 heterocycles. The summed E-state index contributed by atoms with van der Waals surface area (Å²) in [6.45, 7) is 2.67. The predicted molar refractivity (Wildman–Crippen MR) is 71.7 cm³/mol. The molecular weight excluding hydrogens is 240 g/mol. The van der Waals surface area contributed by atoms with Gasteiger partial charge in [-0.2, -0.15) is 0 Å². The van der Waals surface area contributed by atoms with Gasteiger partial charge < -0.3 is 9.84 Å². The number of ether oxygens (including phenoxy) is 1. The fourth-order valence-corrected chi connectivity index (χ4v) is 2.23. The van der Waals surface area contributed by atoms with Crippen LogP contribution in [-0.2, 0) is 4.74 Å². The fraction of sp³-hybridized carbons (Fsp3) is 0.267. The van der Waals surface area contributed by atoms with Crippen molar-refractivity contribution in [3.05, 3.63) is 59.4 Å². The van der Waals surface area contributed by atoms with E-state index in [2.05, 4.69) is 10.3 Å². The number of hydrogen-bond acceptors (Lipinski definition) is 4. The molecule has 3 rings (SSSR count). The summed E-state index contributed by atoms with van der Waals surface area (Å²) in [7, 11) is 0. The minimum Gasteiger partial charge on any atom is -0.508 e. The highest BCUT2D eigenvalue weighted by molar-refractivity contribution is 5.34. The van der Waals surface area contributed by atoms with E-state index in [0.717, 1.165) is 16.8 Å². The molecule has 1 aromatic carbocycles. The molecule has 0 radical (unpaired) electrons. The Kier molecular flexibility index (Phi) is 3.19. The lowest BCUT2D eigenvalue weighted by Gasteiger charge is -2.14. The Morgan fingerprint density at radius 3 is 2.84 bits per heavy atom. The molecule has 2 atom stereocenters. The smallest absolute Gasteiger partial charge is 0.138 e. The average Bonchev–Trinajstić information content (AvgIpc) is 2.89. The summed E-state index contributed by atoms with van der Waals surface area (Å²) in [4.78, 5) is 4.28. The lowest BCUT2D eigenvalue weighted by molar-refractivity contribution is 0.0390. The van der Waals surface area contributed by atoms with Crippen molar-refractivity contribution in [2.45, 2.75) is 19.3 Å². The number of benzene rings is 1. The van der Waals surface area contributed by atoms with Crippen LogP contribution in [0.15, 0.2) is 42.6 Å². The Morgan fingerprint density at radius 2 is 2.11 bits per heavy atom. The van der Waals surface area contributed by atoms with E-state index in [-0.39, 0.29) is 18.1 Å². The molecule has 0 bridgehead atoms. The summed E-state index contributed by atoms with van der Waals surface area (Å²) in [5, 5.41) is 13.1. The van der Waals surface area contributed by atoms with Crippen molar-refractivity contribution >= 4 is 0 Å². The highest BCUT2D eigenvalue weighted by Gasteiger charge is 2.28. The molecule has 4 nitrogen and oxygen atoms in total. The zero-order chi connectivity index (χ0) is 13.2. The van der Waals surface area contributed by atoms with E-state index in [1.165, 1.54) is 0 Å². The number of nitrogens with zero attached hydrogens (tertiary/aromatic N) is 1. The molecule has 0 unspecified atom stereocenters. The standard InChI is InChI=1S/C15H16N2O2/c1-10-6-7-11(8-16-10)14-9-17-15(19-14)12-4-2-3-5-13(12)18/h2-8,14-15,17-18H,9H2,1H3/t14-,15-/m0/s1. The molecule has 1 aliphatic heterocycles. The van der Waals surface area contributed by atoms with Gasteiger partial charge in [-0.3, -0.25) is 10.3 Å². The van der Waals surface area contributed by atoms with Gasteiger partial charge in [0.2, 0.25) is 0 Å². The summed E-state index contributed by atoms with van der Waals surface area (Å²) in [5.41, 5.74) is 2.81. The van der Waals surface area contributed by atoms with E-state index in [0.29, 0.717) is 6.54 Å². The lowest BCUT2D eigenvalue weighted by Crippen LogP contribution is -2.14. The minimum atomic E-state index is -0.271. The van der Waals surface area contributed by atoms with Crippen molar-refractivity contribution in [3.8, 4) is 5.75 Å². The summed E-state index contributed by atoms with van der Waals surface area (Å²) in [5.74, 6) is 0.252. The molecule has 1 aromatic heterocycles. The second kappa shape index (κ2) is 4.99. The summed E-state index contributed by atoms with van der Waals surface area (Å²) >= 11 is 0. The van der Waals surface area contributed by atoms with Crippen LogP contribution in [-0.4, -0.2) is 16.6 Å². The quantitative estimate of drug-likeness (QED) is 0.866. The first-order valence-electron chi connectivity index (χ1n) is 6.33. The Labute approximate surface area is 112 Å². The number of nitrogens with one attached hydrogen (secondary N) is 1. The van der Waals surface area contributed by atoms with E-state index >= 15 is 0 Å². The molecule has 2 aromatic rings. The maximum atomic E-state index is 9.83. The largest absolute Gasteiger partial charge is 0.508 e. The Hall–Kier alpha value is -1.91. The van der Waals surface area contributed by atoms with Crippen LogP contribution in [0.3, 0.4) is 0 Å². The van der Waals surface area contributed by atoms with Crippen molar-refractivity contribution in [2.75, 3.05) is 6.54 Å². The van der Waals surface area contributed by atoms with Crippen molar-refractivity contribution in [2.24, 2.45) is 0 Å². The Bertz CT molecular complexity index is 569. The maximum Gasteiger partial charge on any atom is 0.138 e. The molecule has 4 heteroatoms. The third-order valence-corrected chi connectivity index (χ3v) is 3.31. The molecule has 1 aliphatic rings. The number of aryl methyl sites for hydroxylation is 1. The fourth-order valence-electron chi connectivity index (χ4n) is 2.23. The van der Waals surface area contributed by atoms with Crippen LogP contribution in [0.4, 0.5) is 0 Å². The van der Waals surface area contributed by atoms with E-state index in [1.807, 2.05) is 37.4 Å². The Morgan fingerprint density at radius 1 is 1.26 bits per heavy atom. The van der Waals surface area contributed by atoms with Gasteiger partial charge in [0.1, 0.15) is 12.0 Å². The number of aromatic hydroxyl groups is 1. The SMILES string of the molecule is Cc1ccc([C@@H]2CN[C@H](c3ccccc3O)O2)cn1.